The van der Waals surface area contributed by atoms with Gasteiger partial charge in [-0.3, -0.25) is 9.80 Å². The summed E-state index contributed by atoms with van der Waals surface area (Å²) >= 11 is 0. The van der Waals surface area contributed by atoms with Crippen LogP contribution >= 0.6 is 0 Å². The van der Waals surface area contributed by atoms with Crippen molar-refractivity contribution in [3.8, 4) is 0 Å². The zero-order valence-electron chi connectivity index (χ0n) is 15.0. The third-order valence-corrected chi connectivity index (χ3v) is 4.99. The van der Waals surface area contributed by atoms with Crippen LogP contribution < -0.4 is 0 Å². The molecule has 2 nitrogen and oxygen atoms in total. The van der Waals surface area contributed by atoms with Crippen LogP contribution in [0.3, 0.4) is 0 Å². The average molecular weight is 332 g/mol. The number of hydrogen-bond donors (Lipinski definition) is 0. The van der Waals surface area contributed by atoms with Crippen molar-refractivity contribution in [2.24, 2.45) is 0 Å². The molecule has 130 valence electrons. The highest BCUT2D eigenvalue weighted by Gasteiger charge is 2.26. The third-order valence-electron chi connectivity index (χ3n) is 4.99. The maximum Gasteiger partial charge on any atom is 0.0479 e. The van der Waals surface area contributed by atoms with Crippen LogP contribution in [0, 0.1) is 0 Å². The molecule has 3 rings (SSSR count). The minimum atomic E-state index is 0.384. The molecular formula is C23H28N2. The minimum absolute atomic E-state index is 0.384. The first-order valence-electron chi connectivity index (χ1n) is 9.11. The van der Waals surface area contributed by atoms with E-state index in [1.54, 1.807) is 0 Å². The lowest BCUT2D eigenvalue weighted by molar-refractivity contribution is 0.136. The molecule has 25 heavy (non-hydrogen) atoms. The summed E-state index contributed by atoms with van der Waals surface area (Å²) in [5.74, 6) is 0. The fraction of sp³-hybridized carbons (Fsp3) is 0.304. The van der Waals surface area contributed by atoms with Gasteiger partial charge in [0.2, 0.25) is 0 Å². The Labute approximate surface area is 152 Å². The van der Waals surface area contributed by atoms with Gasteiger partial charge in [-0.1, -0.05) is 66.7 Å². The average Bonchev–Trinajstić information content (AvgIpc) is 2.66. The second kappa shape index (κ2) is 8.80. The van der Waals surface area contributed by atoms with Gasteiger partial charge in [-0.15, -0.1) is 13.2 Å². The van der Waals surface area contributed by atoms with Crippen molar-refractivity contribution in [1.29, 1.82) is 0 Å². The first-order chi connectivity index (χ1) is 12.3. The number of fused-ring (bicyclic) bond motifs is 1. The van der Waals surface area contributed by atoms with Crippen LogP contribution in [0.15, 0.2) is 79.9 Å². The quantitative estimate of drug-likeness (QED) is 0.659. The highest BCUT2D eigenvalue weighted by atomic mass is 15.2. The Morgan fingerprint density at radius 1 is 0.920 bits per heavy atom. The van der Waals surface area contributed by atoms with Gasteiger partial charge < -0.3 is 0 Å². The molecule has 0 aromatic heterocycles. The van der Waals surface area contributed by atoms with E-state index in [0.29, 0.717) is 6.04 Å². The Morgan fingerprint density at radius 3 is 2.24 bits per heavy atom. The van der Waals surface area contributed by atoms with Crippen LogP contribution in [0.1, 0.15) is 22.7 Å². The predicted octanol–water partition coefficient (Wildman–Crippen LogP) is 4.46. The fourth-order valence-electron chi connectivity index (χ4n) is 3.72. The van der Waals surface area contributed by atoms with Gasteiger partial charge in [0.25, 0.3) is 0 Å². The Morgan fingerprint density at radius 2 is 1.56 bits per heavy atom. The molecular weight excluding hydrogens is 304 g/mol. The summed E-state index contributed by atoms with van der Waals surface area (Å²) in [5, 5.41) is 0. The van der Waals surface area contributed by atoms with Gasteiger partial charge in [0.1, 0.15) is 0 Å². The first kappa shape index (κ1) is 17.7. The van der Waals surface area contributed by atoms with Gasteiger partial charge in [-0.2, -0.15) is 0 Å². The molecule has 0 amide bonds. The van der Waals surface area contributed by atoms with Gasteiger partial charge >= 0.3 is 0 Å². The molecule has 0 bridgehead atoms. The van der Waals surface area contributed by atoms with Crippen LogP contribution in [-0.4, -0.2) is 36.0 Å². The van der Waals surface area contributed by atoms with Crippen LogP contribution in [-0.2, 0) is 13.0 Å². The number of hydrogen-bond acceptors (Lipinski definition) is 2. The lowest BCUT2D eigenvalue weighted by atomic mass is 9.96. The molecule has 0 unspecified atom stereocenters. The monoisotopic (exact) mass is 332 g/mol. The molecule has 0 spiro atoms. The zero-order valence-corrected chi connectivity index (χ0v) is 15.0. The lowest BCUT2D eigenvalue weighted by Gasteiger charge is -2.38. The van der Waals surface area contributed by atoms with Crippen molar-refractivity contribution in [3.05, 3.63) is 96.6 Å². The molecule has 0 N–H and O–H groups in total. The Balaban J connectivity index is 1.84. The molecule has 2 heteroatoms. The molecule has 2 aromatic carbocycles. The standard InChI is InChI=1S/C23H28N2/c1-3-15-24(16-4-2)19-23(21-11-6-5-7-12-21)25-17-14-20-10-8-9-13-22(20)18-25/h3-13,23H,1-2,14-19H2/t23-/m1/s1. The van der Waals surface area contributed by atoms with Crippen molar-refractivity contribution >= 4 is 0 Å². The zero-order chi connectivity index (χ0) is 17.5. The van der Waals surface area contributed by atoms with E-state index >= 15 is 0 Å². The number of benzene rings is 2. The van der Waals surface area contributed by atoms with Gasteiger partial charge in [-0.05, 0) is 23.1 Å². The highest BCUT2D eigenvalue weighted by Crippen LogP contribution is 2.28. The number of nitrogens with zero attached hydrogens (tertiary/aromatic N) is 2. The summed E-state index contributed by atoms with van der Waals surface area (Å²) in [5.41, 5.74) is 4.35. The molecule has 1 atom stereocenters. The SMILES string of the molecule is C=CCN(CC=C)C[C@H](c1ccccc1)N1CCc2ccccc2C1. The van der Waals surface area contributed by atoms with Crippen molar-refractivity contribution in [1.82, 2.24) is 9.80 Å². The van der Waals surface area contributed by atoms with Crippen LogP contribution in [0.25, 0.3) is 0 Å². The molecule has 0 saturated heterocycles. The molecule has 0 aliphatic carbocycles. The van der Waals surface area contributed by atoms with E-state index in [1.165, 1.54) is 16.7 Å². The molecule has 0 radical (unpaired) electrons. The summed E-state index contributed by atoms with van der Waals surface area (Å²) in [6, 6.07) is 20.1. The predicted molar refractivity (Wildman–Crippen MR) is 107 cm³/mol. The van der Waals surface area contributed by atoms with E-state index in [9.17, 15) is 0 Å². The van der Waals surface area contributed by atoms with Crippen LogP contribution in [0.5, 0.6) is 0 Å². The Hall–Kier alpha value is -2.16. The first-order valence-corrected chi connectivity index (χ1v) is 9.11. The number of rotatable bonds is 8. The van der Waals surface area contributed by atoms with Crippen LogP contribution in [0.2, 0.25) is 0 Å². The summed E-state index contributed by atoms with van der Waals surface area (Å²) in [6.07, 6.45) is 5.09. The molecule has 0 saturated carbocycles. The van der Waals surface area contributed by atoms with Crippen molar-refractivity contribution in [3.63, 3.8) is 0 Å². The second-order valence-electron chi connectivity index (χ2n) is 6.71. The van der Waals surface area contributed by atoms with E-state index in [1.807, 2.05) is 12.2 Å². The van der Waals surface area contributed by atoms with E-state index in [0.717, 1.165) is 39.1 Å². The largest absolute Gasteiger partial charge is 0.294 e. The summed E-state index contributed by atoms with van der Waals surface area (Å²) < 4.78 is 0. The van der Waals surface area contributed by atoms with Crippen molar-refractivity contribution < 1.29 is 0 Å². The molecule has 1 aliphatic heterocycles. The topological polar surface area (TPSA) is 6.48 Å². The molecule has 2 aromatic rings. The second-order valence-corrected chi connectivity index (χ2v) is 6.71. The van der Waals surface area contributed by atoms with Gasteiger partial charge in [0.05, 0.1) is 0 Å². The Bertz CT molecular complexity index is 682. The minimum Gasteiger partial charge on any atom is -0.294 e. The van der Waals surface area contributed by atoms with Gasteiger partial charge in [0.15, 0.2) is 0 Å². The maximum atomic E-state index is 3.92. The van der Waals surface area contributed by atoms with Crippen LogP contribution in [0.4, 0.5) is 0 Å². The van der Waals surface area contributed by atoms with Crippen molar-refractivity contribution in [2.75, 3.05) is 26.2 Å². The normalized spacial score (nSPS) is 15.6. The Kier molecular flexibility index (Phi) is 6.21. The molecule has 1 heterocycles. The lowest BCUT2D eigenvalue weighted by Crippen LogP contribution is -2.41. The van der Waals surface area contributed by atoms with E-state index in [2.05, 4.69) is 77.6 Å². The molecule has 0 fully saturated rings. The highest BCUT2D eigenvalue weighted by molar-refractivity contribution is 5.30. The van der Waals surface area contributed by atoms with E-state index in [4.69, 9.17) is 0 Å². The van der Waals surface area contributed by atoms with Gasteiger partial charge in [-0.25, -0.2) is 0 Å². The third kappa shape index (κ3) is 4.47. The van der Waals surface area contributed by atoms with Gasteiger partial charge in [0, 0.05) is 38.8 Å². The van der Waals surface area contributed by atoms with E-state index < -0.39 is 0 Å². The van der Waals surface area contributed by atoms with E-state index in [-0.39, 0.29) is 0 Å². The smallest absolute Gasteiger partial charge is 0.0479 e. The van der Waals surface area contributed by atoms with Crippen molar-refractivity contribution in [2.45, 2.75) is 19.0 Å². The maximum absolute atomic E-state index is 3.92. The summed E-state index contributed by atoms with van der Waals surface area (Å²) in [4.78, 5) is 5.04. The fourth-order valence-corrected chi connectivity index (χ4v) is 3.72. The molecule has 1 aliphatic rings. The summed E-state index contributed by atoms with van der Waals surface area (Å²) in [7, 11) is 0. The summed E-state index contributed by atoms with van der Waals surface area (Å²) in [6.45, 7) is 12.7.